The molecule has 2 N–H and O–H groups in total. The van der Waals surface area contributed by atoms with Gasteiger partial charge in [-0.05, 0) is 42.7 Å². The van der Waals surface area contributed by atoms with Gasteiger partial charge >= 0.3 is 0 Å². The van der Waals surface area contributed by atoms with Gasteiger partial charge in [-0.15, -0.1) is 0 Å². The number of para-hydroxylation sites is 1. The van der Waals surface area contributed by atoms with E-state index in [0.29, 0.717) is 42.6 Å². The van der Waals surface area contributed by atoms with Crippen LogP contribution in [0.15, 0.2) is 73.1 Å². The first-order valence-electron chi connectivity index (χ1n) is 12.9. The molecular formula is C29H30FN5O3. The number of halogens is 1. The summed E-state index contributed by atoms with van der Waals surface area (Å²) in [6, 6.07) is 17.2. The highest BCUT2D eigenvalue weighted by Gasteiger charge is 2.54. The minimum absolute atomic E-state index is 0.0107. The Bertz CT molecular complexity index is 1310. The highest BCUT2D eigenvalue weighted by molar-refractivity contribution is 5.88. The van der Waals surface area contributed by atoms with Crippen molar-refractivity contribution in [3.8, 4) is 28.5 Å². The average Bonchev–Trinajstić information content (AvgIpc) is 2.85. The molecule has 2 aromatic carbocycles. The average molecular weight is 516 g/mol. The van der Waals surface area contributed by atoms with Crippen molar-refractivity contribution in [1.29, 1.82) is 0 Å². The number of ether oxygens (including phenoxy) is 2. The minimum atomic E-state index is -0.724. The lowest BCUT2D eigenvalue weighted by molar-refractivity contribution is -0.155. The van der Waals surface area contributed by atoms with Gasteiger partial charge in [-0.2, -0.15) is 0 Å². The number of rotatable bonds is 8. The molecule has 3 aliphatic rings. The van der Waals surface area contributed by atoms with Crippen LogP contribution in [0.2, 0.25) is 0 Å². The first-order valence-corrected chi connectivity index (χ1v) is 12.9. The zero-order valence-corrected chi connectivity index (χ0v) is 21.0. The number of nitrogens with two attached hydrogens (primary N) is 1. The fraction of sp³-hybridized carbons (Fsp3) is 0.345. The number of hydrogen-bond acceptors (Lipinski definition) is 7. The Balaban J connectivity index is 1.03. The van der Waals surface area contributed by atoms with E-state index in [1.165, 1.54) is 6.33 Å². The SMILES string of the molecule is Nc1ncnc(OC2CC3(C2)CN(C(=O)C=CCN2CC(F)C2)C3)c1-c1ccc(Oc2ccccc2)cc1. The van der Waals surface area contributed by atoms with Gasteiger partial charge in [0.15, 0.2) is 0 Å². The summed E-state index contributed by atoms with van der Waals surface area (Å²) in [7, 11) is 0. The largest absolute Gasteiger partial charge is 0.474 e. The van der Waals surface area contributed by atoms with Crippen molar-refractivity contribution < 1.29 is 18.7 Å². The van der Waals surface area contributed by atoms with E-state index < -0.39 is 6.17 Å². The number of anilines is 1. The number of benzene rings is 2. The van der Waals surface area contributed by atoms with Crippen LogP contribution in [0.1, 0.15) is 12.8 Å². The number of likely N-dealkylation sites (tertiary alicyclic amines) is 2. The lowest BCUT2D eigenvalue weighted by Crippen LogP contribution is -2.65. The first kappa shape index (κ1) is 24.4. The normalized spacial score (nSPS) is 19.1. The Morgan fingerprint density at radius 3 is 2.47 bits per heavy atom. The van der Waals surface area contributed by atoms with Crippen LogP contribution in [-0.2, 0) is 4.79 Å². The van der Waals surface area contributed by atoms with Gasteiger partial charge in [-0.3, -0.25) is 9.69 Å². The zero-order valence-electron chi connectivity index (χ0n) is 21.0. The number of alkyl halides is 1. The molecule has 3 aromatic rings. The Labute approximate surface area is 220 Å². The molecule has 0 bridgehead atoms. The fourth-order valence-corrected chi connectivity index (χ4v) is 5.45. The molecule has 0 unspecified atom stereocenters. The maximum absolute atomic E-state index is 12.9. The summed E-state index contributed by atoms with van der Waals surface area (Å²) in [5.74, 6) is 2.31. The molecule has 8 nitrogen and oxygen atoms in total. The van der Waals surface area contributed by atoms with Gasteiger partial charge in [-0.1, -0.05) is 36.4 Å². The molecule has 3 fully saturated rings. The molecule has 1 spiro atoms. The maximum Gasteiger partial charge on any atom is 0.246 e. The van der Waals surface area contributed by atoms with E-state index in [4.69, 9.17) is 15.2 Å². The lowest BCUT2D eigenvalue weighted by atomic mass is 9.61. The number of hydrogen-bond donors (Lipinski definition) is 1. The fourth-order valence-electron chi connectivity index (χ4n) is 5.45. The van der Waals surface area contributed by atoms with Crippen LogP contribution in [-0.4, -0.2) is 70.7 Å². The van der Waals surface area contributed by atoms with Crippen LogP contribution >= 0.6 is 0 Å². The number of carbonyl (C=O) groups excluding carboxylic acids is 1. The Kier molecular flexibility index (Phi) is 6.45. The van der Waals surface area contributed by atoms with E-state index in [2.05, 4.69) is 9.97 Å². The Morgan fingerprint density at radius 2 is 1.76 bits per heavy atom. The van der Waals surface area contributed by atoms with Crippen LogP contribution in [0.4, 0.5) is 10.2 Å². The van der Waals surface area contributed by atoms with Gasteiger partial charge in [-0.25, -0.2) is 14.4 Å². The van der Waals surface area contributed by atoms with Gasteiger partial charge in [0.05, 0.1) is 5.56 Å². The molecule has 0 radical (unpaired) electrons. The predicted molar refractivity (Wildman–Crippen MR) is 142 cm³/mol. The molecule has 1 amide bonds. The Hall–Kier alpha value is -3.98. The monoisotopic (exact) mass is 515 g/mol. The van der Waals surface area contributed by atoms with E-state index in [-0.39, 0.29) is 17.4 Å². The van der Waals surface area contributed by atoms with E-state index in [1.54, 1.807) is 6.08 Å². The number of carbonyl (C=O) groups is 1. The third kappa shape index (κ3) is 5.06. The van der Waals surface area contributed by atoms with Gasteiger partial charge in [0.25, 0.3) is 0 Å². The quantitative estimate of drug-likeness (QED) is 0.452. The first-order chi connectivity index (χ1) is 18.5. The third-order valence-corrected chi connectivity index (χ3v) is 7.46. The van der Waals surface area contributed by atoms with Gasteiger partial charge in [0, 0.05) is 44.2 Å². The van der Waals surface area contributed by atoms with Crippen molar-refractivity contribution >= 4 is 11.7 Å². The molecule has 38 heavy (non-hydrogen) atoms. The van der Waals surface area contributed by atoms with Gasteiger partial charge < -0.3 is 20.1 Å². The zero-order chi connectivity index (χ0) is 26.1. The smallest absolute Gasteiger partial charge is 0.246 e. The number of amides is 1. The highest BCUT2D eigenvalue weighted by atomic mass is 19.1. The summed E-state index contributed by atoms with van der Waals surface area (Å²) in [4.78, 5) is 24.8. The molecular weight excluding hydrogens is 485 g/mol. The summed E-state index contributed by atoms with van der Waals surface area (Å²) < 4.78 is 25.0. The number of nitrogen functional groups attached to an aromatic ring is 1. The van der Waals surface area contributed by atoms with Crippen LogP contribution in [0.3, 0.4) is 0 Å². The Morgan fingerprint density at radius 1 is 1.05 bits per heavy atom. The maximum atomic E-state index is 12.9. The lowest BCUT2D eigenvalue weighted by Gasteiger charge is -2.58. The van der Waals surface area contributed by atoms with Crippen LogP contribution in [0.25, 0.3) is 11.1 Å². The molecule has 6 rings (SSSR count). The van der Waals surface area contributed by atoms with Crippen LogP contribution in [0, 0.1) is 5.41 Å². The van der Waals surface area contributed by atoms with Crippen molar-refractivity contribution in [2.45, 2.75) is 25.1 Å². The summed E-state index contributed by atoms with van der Waals surface area (Å²) in [5.41, 5.74) is 7.86. The summed E-state index contributed by atoms with van der Waals surface area (Å²) in [6.45, 7) is 3.00. The summed E-state index contributed by atoms with van der Waals surface area (Å²) in [5, 5.41) is 0. The number of nitrogens with zero attached hydrogens (tertiary/aromatic N) is 4. The van der Waals surface area contributed by atoms with Crippen molar-refractivity contribution in [3.05, 3.63) is 73.1 Å². The van der Waals surface area contributed by atoms with E-state index in [1.807, 2.05) is 70.5 Å². The van der Waals surface area contributed by atoms with Crippen LogP contribution in [0.5, 0.6) is 17.4 Å². The standard InChI is InChI=1S/C29H30FN5O3/c30-21-15-34(16-21)12-4-7-25(36)35-17-29(18-35)13-24(14-29)38-28-26(27(31)32-19-33-28)20-8-10-23(11-9-20)37-22-5-2-1-3-6-22/h1-11,19,21,24H,12-18H2,(H2,31,32,33). The third-order valence-electron chi connectivity index (χ3n) is 7.46. The molecule has 0 atom stereocenters. The van der Waals surface area contributed by atoms with Gasteiger partial charge in [0.1, 0.15) is 35.9 Å². The van der Waals surface area contributed by atoms with Crippen molar-refractivity contribution in [1.82, 2.24) is 19.8 Å². The summed E-state index contributed by atoms with van der Waals surface area (Å²) >= 11 is 0. The summed E-state index contributed by atoms with van der Waals surface area (Å²) in [6.07, 6.45) is 5.86. The molecule has 2 saturated heterocycles. The topological polar surface area (TPSA) is 93.8 Å². The molecule has 3 heterocycles. The molecule has 1 aliphatic carbocycles. The van der Waals surface area contributed by atoms with Gasteiger partial charge in [0.2, 0.25) is 11.8 Å². The molecule has 196 valence electrons. The molecule has 1 aromatic heterocycles. The number of aromatic nitrogens is 2. The predicted octanol–water partition coefficient (Wildman–Crippen LogP) is 4.10. The second kappa shape index (κ2) is 10.1. The van der Waals surface area contributed by atoms with Crippen molar-refractivity contribution in [3.63, 3.8) is 0 Å². The minimum Gasteiger partial charge on any atom is -0.474 e. The van der Waals surface area contributed by atoms with Crippen molar-refractivity contribution in [2.75, 3.05) is 38.5 Å². The molecule has 1 saturated carbocycles. The highest BCUT2D eigenvalue weighted by Crippen LogP contribution is 2.50. The van der Waals surface area contributed by atoms with E-state index >= 15 is 0 Å². The second-order valence-electron chi connectivity index (χ2n) is 10.4. The van der Waals surface area contributed by atoms with E-state index in [9.17, 15) is 9.18 Å². The second-order valence-corrected chi connectivity index (χ2v) is 10.4. The molecule has 2 aliphatic heterocycles. The molecule has 9 heteroatoms. The van der Waals surface area contributed by atoms with Crippen molar-refractivity contribution in [2.24, 2.45) is 5.41 Å². The van der Waals surface area contributed by atoms with Crippen LogP contribution < -0.4 is 15.2 Å². The van der Waals surface area contributed by atoms with E-state index in [0.717, 1.165) is 37.2 Å².